The largest absolute Gasteiger partial charge is 0.478 e. The lowest BCUT2D eigenvalue weighted by Gasteiger charge is -2.44. The predicted molar refractivity (Wildman–Crippen MR) is 171 cm³/mol. The van der Waals surface area contributed by atoms with Gasteiger partial charge in [-0.1, -0.05) is 47.1 Å². The number of carbonyl (C=O) groups excluding carboxylic acids is 2. The smallest absolute Gasteiger partial charge is 0.335 e. The second-order valence-electron chi connectivity index (χ2n) is 12.0. The SMILES string of the molecule is O=C(O)c1ccc(CC(=O)C2c3cccc(N4CCN(C5COC5)CC4)c3CCN2C(=O)c2cn(-c3cccc(Cl)c3F)nn2)cc1. The van der Waals surface area contributed by atoms with Crippen LogP contribution < -0.4 is 4.90 Å². The van der Waals surface area contributed by atoms with Gasteiger partial charge in [0.05, 0.1) is 36.0 Å². The summed E-state index contributed by atoms with van der Waals surface area (Å²) in [5, 5.41) is 17.2. The number of piperazine rings is 1. The van der Waals surface area contributed by atoms with Crippen LogP contribution in [-0.4, -0.2) is 99.5 Å². The lowest BCUT2D eigenvalue weighted by molar-refractivity contribution is -0.123. The third-order valence-corrected chi connectivity index (χ3v) is 9.52. The summed E-state index contributed by atoms with van der Waals surface area (Å²) in [6.45, 7) is 5.32. The first-order chi connectivity index (χ1) is 22.8. The van der Waals surface area contributed by atoms with Gasteiger partial charge in [-0.15, -0.1) is 5.10 Å². The van der Waals surface area contributed by atoms with E-state index in [1.807, 2.05) is 12.1 Å². The first kappa shape index (κ1) is 31.0. The van der Waals surface area contributed by atoms with Crippen LogP contribution in [0.5, 0.6) is 0 Å². The number of fused-ring (bicyclic) bond motifs is 1. The van der Waals surface area contributed by atoms with Crippen LogP contribution >= 0.6 is 11.6 Å². The van der Waals surface area contributed by atoms with Crippen LogP contribution in [0.15, 0.2) is 66.9 Å². The van der Waals surface area contributed by atoms with Crippen molar-refractivity contribution in [3.05, 3.63) is 106 Å². The van der Waals surface area contributed by atoms with Gasteiger partial charge in [0.15, 0.2) is 17.3 Å². The van der Waals surface area contributed by atoms with Crippen molar-refractivity contribution in [2.45, 2.75) is 24.9 Å². The minimum Gasteiger partial charge on any atom is -0.478 e. The maximum absolute atomic E-state index is 14.7. The molecule has 1 atom stereocenters. The molecule has 3 aliphatic heterocycles. The Bertz CT molecular complexity index is 1840. The van der Waals surface area contributed by atoms with Crippen molar-refractivity contribution in [3.8, 4) is 5.69 Å². The topological polar surface area (TPSA) is 121 Å². The molecule has 7 rings (SSSR count). The maximum atomic E-state index is 14.7. The number of carboxylic acids is 1. The van der Waals surface area contributed by atoms with Crippen molar-refractivity contribution in [1.82, 2.24) is 24.8 Å². The number of carboxylic acid groups (broad SMARTS) is 1. The number of nitrogens with zero attached hydrogens (tertiary/aromatic N) is 6. The monoisotopic (exact) mass is 658 g/mol. The normalized spacial score (nSPS) is 18.5. The number of rotatable bonds is 8. The number of hydrogen-bond donors (Lipinski definition) is 1. The van der Waals surface area contributed by atoms with Gasteiger partial charge in [-0.2, -0.15) is 0 Å². The average Bonchev–Trinajstić information content (AvgIpc) is 3.55. The van der Waals surface area contributed by atoms with Crippen LogP contribution in [0.2, 0.25) is 5.02 Å². The summed E-state index contributed by atoms with van der Waals surface area (Å²) >= 11 is 5.96. The average molecular weight is 659 g/mol. The number of ketones is 1. The van der Waals surface area contributed by atoms with Gasteiger partial charge in [-0.25, -0.2) is 13.9 Å². The van der Waals surface area contributed by atoms with Crippen molar-refractivity contribution < 1.29 is 28.6 Å². The van der Waals surface area contributed by atoms with Gasteiger partial charge < -0.3 is 19.6 Å². The summed E-state index contributed by atoms with van der Waals surface area (Å²) in [7, 11) is 0. The van der Waals surface area contributed by atoms with Crippen LogP contribution in [0, 0.1) is 5.82 Å². The number of carbonyl (C=O) groups is 3. The van der Waals surface area contributed by atoms with E-state index in [-0.39, 0.29) is 40.7 Å². The maximum Gasteiger partial charge on any atom is 0.335 e. The van der Waals surface area contributed by atoms with Crippen molar-refractivity contribution in [3.63, 3.8) is 0 Å². The number of hydrogen-bond acceptors (Lipinski definition) is 8. The van der Waals surface area contributed by atoms with E-state index in [2.05, 4.69) is 26.2 Å². The molecule has 47 heavy (non-hydrogen) atoms. The van der Waals surface area contributed by atoms with Crippen molar-refractivity contribution >= 4 is 34.9 Å². The van der Waals surface area contributed by atoms with E-state index in [4.69, 9.17) is 16.3 Å². The summed E-state index contributed by atoms with van der Waals surface area (Å²) in [4.78, 5) is 45.9. The van der Waals surface area contributed by atoms with Gasteiger partial charge in [0.2, 0.25) is 0 Å². The fraction of sp³-hybridized carbons (Fsp3) is 0.324. The molecule has 2 saturated heterocycles. The Hall–Kier alpha value is -4.65. The molecule has 1 unspecified atom stereocenters. The van der Waals surface area contributed by atoms with Gasteiger partial charge in [0.25, 0.3) is 5.91 Å². The minimum absolute atomic E-state index is 0.0133. The number of ether oxygens (including phenoxy) is 1. The molecule has 1 aromatic heterocycles. The molecule has 1 N–H and O–H groups in total. The van der Waals surface area contributed by atoms with Gasteiger partial charge in [0, 0.05) is 44.8 Å². The second-order valence-corrected chi connectivity index (χ2v) is 12.4. The Balaban J connectivity index is 1.20. The van der Waals surface area contributed by atoms with E-state index in [0.29, 0.717) is 18.0 Å². The Kier molecular flexibility index (Phi) is 8.48. The molecule has 0 bridgehead atoms. The first-order valence-corrected chi connectivity index (χ1v) is 15.9. The van der Waals surface area contributed by atoms with E-state index in [1.165, 1.54) is 35.4 Å². The molecule has 2 fully saturated rings. The number of aromatic nitrogens is 3. The lowest BCUT2D eigenvalue weighted by Crippen LogP contribution is -2.56. The fourth-order valence-electron chi connectivity index (χ4n) is 6.63. The third kappa shape index (κ3) is 5.99. The van der Waals surface area contributed by atoms with Crippen LogP contribution in [0.25, 0.3) is 5.69 Å². The molecule has 3 aliphatic rings. The highest BCUT2D eigenvalue weighted by Crippen LogP contribution is 2.38. The molecule has 242 valence electrons. The number of amides is 1. The lowest BCUT2D eigenvalue weighted by atomic mass is 9.86. The third-order valence-electron chi connectivity index (χ3n) is 9.22. The van der Waals surface area contributed by atoms with E-state index >= 15 is 0 Å². The highest BCUT2D eigenvalue weighted by atomic mass is 35.5. The van der Waals surface area contributed by atoms with Gasteiger partial charge in [-0.05, 0) is 53.4 Å². The minimum atomic E-state index is -1.05. The number of benzene rings is 3. The highest BCUT2D eigenvalue weighted by molar-refractivity contribution is 6.30. The van der Waals surface area contributed by atoms with Crippen molar-refractivity contribution in [1.29, 1.82) is 0 Å². The van der Waals surface area contributed by atoms with E-state index < -0.39 is 23.7 Å². The standard InChI is InChI=1S/C34H32ClFN6O5/c35-26-4-2-6-29(31(26)36)42-18-27(37-38-42)33(44)41-12-11-24-25(32(41)30(43)17-21-7-9-22(10-8-21)34(45)46)3-1-5-28(24)40-15-13-39(14-16-40)23-19-47-20-23/h1-10,18,23,32H,11-17,19-20H2,(H,45,46). The van der Waals surface area contributed by atoms with Crippen molar-refractivity contribution in [2.75, 3.05) is 50.8 Å². The highest BCUT2D eigenvalue weighted by Gasteiger charge is 2.39. The van der Waals surface area contributed by atoms with Crippen LogP contribution in [0.1, 0.15) is 43.6 Å². The molecule has 0 aliphatic carbocycles. The summed E-state index contributed by atoms with van der Waals surface area (Å²) in [6.07, 6.45) is 1.85. The molecular weight excluding hydrogens is 627 g/mol. The summed E-state index contributed by atoms with van der Waals surface area (Å²) in [5.41, 5.74) is 3.59. The number of aromatic carboxylic acids is 1. The van der Waals surface area contributed by atoms with E-state index in [9.17, 15) is 23.9 Å². The molecule has 13 heteroatoms. The van der Waals surface area contributed by atoms with Gasteiger partial charge in [-0.3, -0.25) is 14.5 Å². The predicted octanol–water partition coefficient (Wildman–Crippen LogP) is 3.83. The van der Waals surface area contributed by atoms with Crippen LogP contribution in [0.3, 0.4) is 0 Å². The summed E-state index contributed by atoms with van der Waals surface area (Å²) in [6, 6.07) is 16.1. The Morgan fingerprint density at radius 2 is 1.66 bits per heavy atom. The molecule has 1 amide bonds. The first-order valence-electron chi connectivity index (χ1n) is 15.5. The second kappa shape index (κ2) is 12.9. The number of Topliss-reactive ketones (excluding diaryl/α,β-unsaturated/α-hetero) is 1. The molecule has 11 nitrogen and oxygen atoms in total. The quantitative estimate of drug-likeness (QED) is 0.301. The van der Waals surface area contributed by atoms with Gasteiger partial charge in [0.1, 0.15) is 11.7 Å². The Morgan fingerprint density at radius 3 is 2.36 bits per heavy atom. The van der Waals surface area contributed by atoms with Gasteiger partial charge >= 0.3 is 5.97 Å². The molecule has 4 aromatic rings. The number of anilines is 1. The fourth-order valence-corrected chi connectivity index (χ4v) is 6.80. The molecule has 3 aromatic carbocycles. The Labute approximate surface area is 275 Å². The molecular formula is C34H32ClFN6O5. The zero-order valence-electron chi connectivity index (χ0n) is 25.4. The zero-order chi connectivity index (χ0) is 32.7. The zero-order valence-corrected chi connectivity index (χ0v) is 26.1. The van der Waals surface area contributed by atoms with Crippen molar-refractivity contribution in [2.24, 2.45) is 0 Å². The Morgan fingerprint density at radius 1 is 0.936 bits per heavy atom. The molecule has 0 spiro atoms. The van der Waals surface area contributed by atoms with Crippen LogP contribution in [-0.2, 0) is 22.4 Å². The number of halogens is 2. The molecule has 4 heterocycles. The summed E-state index contributed by atoms with van der Waals surface area (Å²) < 4.78 is 21.3. The van der Waals surface area contributed by atoms with E-state index in [0.717, 1.165) is 60.9 Å². The molecule has 0 radical (unpaired) electrons. The molecule has 0 saturated carbocycles. The summed E-state index contributed by atoms with van der Waals surface area (Å²) in [5.74, 6) is -2.48. The van der Waals surface area contributed by atoms with Crippen LogP contribution in [0.4, 0.5) is 10.1 Å². The van der Waals surface area contributed by atoms with E-state index in [1.54, 1.807) is 18.2 Å².